The van der Waals surface area contributed by atoms with E-state index < -0.39 is 11.6 Å². The molecule has 1 spiro atoms. The third kappa shape index (κ3) is 3.46. The van der Waals surface area contributed by atoms with Crippen molar-refractivity contribution in [3.05, 3.63) is 94.3 Å². The number of ketones is 1. The average Bonchev–Trinajstić information content (AvgIpc) is 3.41. The summed E-state index contributed by atoms with van der Waals surface area (Å²) >= 11 is 0. The molecule has 6 nitrogen and oxygen atoms in total. The number of carbonyl (C=O) groups is 3. The van der Waals surface area contributed by atoms with E-state index in [2.05, 4.69) is 22.0 Å². The van der Waals surface area contributed by atoms with Crippen molar-refractivity contribution in [2.75, 3.05) is 6.54 Å². The SMILES string of the molecule is Cc1cc(C(=O)CN2C(=O)NC3(CCc4ccccc43)C2=O)c(C)n1CCc1ccccc1. The molecule has 3 amide bonds. The van der Waals surface area contributed by atoms with Gasteiger partial charge in [0, 0.05) is 23.5 Å². The molecule has 0 saturated carbocycles. The minimum absolute atomic E-state index is 0.221. The highest BCUT2D eigenvalue weighted by atomic mass is 16.2. The number of carbonyl (C=O) groups excluding carboxylic acids is 3. The Morgan fingerprint density at radius 2 is 1.76 bits per heavy atom. The fraction of sp³-hybridized carbons (Fsp3) is 0.296. The van der Waals surface area contributed by atoms with Gasteiger partial charge in [-0.25, -0.2) is 4.79 Å². The van der Waals surface area contributed by atoms with E-state index in [9.17, 15) is 14.4 Å². The van der Waals surface area contributed by atoms with Crippen LogP contribution >= 0.6 is 0 Å². The van der Waals surface area contributed by atoms with E-state index in [1.54, 1.807) is 0 Å². The summed E-state index contributed by atoms with van der Waals surface area (Å²) in [7, 11) is 0. The third-order valence-corrected chi connectivity index (χ3v) is 7.06. The van der Waals surface area contributed by atoms with Crippen molar-refractivity contribution in [1.29, 1.82) is 0 Å². The highest BCUT2D eigenvalue weighted by Crippen LogP contribution is 2.41. The molecule has 1 aliphatic heterocycles. The van der Waals surface area contributed by atoms with Crippen LogP contribution in [0.15, 0.2) is 60.7 Å². The van der Waals surface area contributed by atoms with Gasteiger partial charge in [-0.3, -0.25) is 14.5 Å². The maximum absolute atomic E-state index is 13.4. The summed E-state index contributed by atoms with van der Waals surface area (Å²) in [6.07, 6.45) is 2.11. The smallest absolute Gasteiger partial charge is 0.325 e. The number of fused-ring (bicyclic) bond motifs is 2. The zero-order chi connectivity index (χ0) is 23.2. The molecule has 6 heteroatoms. The third-order valence-electron chi connectivity index (χ3n) is 7.06. The number of urea groups is 1. The Labute approximate surface area is 193 Å². The monoisotopic (exact) mass is 441 g/mol. The number of aromatic nitrogens is 1. The molecular weight excluding hydrogens is 414 g/mol. The van der Waals surface area contributed by atoms with Gasteiger partial charge in [0.1, 0.15) is 5.54 Å². The summed E-state index contributed by atoms with van der Waals surface area (Å²) in [5.41, 5.74) is 4.53. The normalized spacial score (nSPS) is 19.3. The van der Waals surface area contributed by atoms with E-state index >= 15 is 0 Å². The molecule has 1 fully saturated rings. The van der Waals surface area contributed by atoms with Gasteiger partial charge in [-0.1, -0.05) is 54.6 Å². The molecule has 5 rings (SSSR count). The predicted molar refractivity (Wildman–Crippen MR) is 125 cm³/mol. The number of hydrogen-bond acceptors (Lipinski definition) is 3. The number of rotatable bonds is 6. The number of imide groups is 1. The fourth-order valence-electron chi connectivity index (χ4n) is 5.28. The van der Waals surface area contributed by atoms with Gasteiger partial charge in [-0.2, -0.15) is 0 Å². The van der Waals surface area contributed by atoms with Crippen LogP contribution in [0.1, 0.15) is 44.9 Å². The van der Waals surface area contributed by atoms with Crippen LogP contribution in [-0.4, -0.2) is 33.7 Å². The van der Waals surface area contributed by atoms with Gasteiger partial charge >= 0.3 is 6.03 Å². The molecule has 168 valence electrons. The van der Waals surface area contributed by atoms with E-state index in [1.165, 1.54) is 5.56 Å². The molecule has 33 heavy (non-hydrogen) atoms. The summed E-state index contributed by atoms with van der Waals surface area (Å²) in [5.74, 6) is -0.551. The maximum atomic E-state index is 13.4. The van der Waals surface area contributed by atoms with E-state index in [0.29, 0.717) is 12.0 Å². The topological polar surface area (TPSA) is 71.4 Å². The van der Waals surface area contributed by atoms with Gasteiger partial charge in [0.2, 0.25) is 0 Å². The highest BCUT2D eigenvalue weighted by Gasteiger charge is 2.55. The summed E-state index contributed by atoms with van der Waals surface area (Å²) in [6.45, 7) is 4.41. The van der Waals surface area contributed by atoms with Crippen molar-refractivity contribution in [1.82, 2.24) is 14.8 Å². The number of nitrogens with zero attached hydrogens (tertiary/aromatic N) is 2. The van der Waals surface area contributed by atoms with Crippen molar-refractivity contribution in [2.45, 2.75) is 45.2 Å². The second-order valence-electron chi connectivity index (χ2n) is 8.98. The Hall–Kier alpha value is -3.67. The second kappa shape index (κ2) is 8.03. The summed E-state index contributed by atoms with van der Waals surface area (Å²) < 4.78 is 2.13. The van der Waals surface area contributed by atoms with Gasteiger partial charge in [-0.05, 0) is 55.9 Å². The number of aryl methyl sites for hydroxylation is 3. The van der Waals surface area contributed by atoms with E-state index in [1.807, 2.05) is 62.4 Å². The van der Waals surface area contributed by atoms with Crippen LogP contribution in [0, 0.1) is 13.8 Å². The van der Waals surface area contributed by atoms with Gasteiger partial charge in [0.25, 0.3) is 5.91 Å². The van der Waals surface area contributed by atoms with Crippen molar-refractivity contribution in [2.24, 2.45) is 0 Å². The minimum atomic E-state index is -1.04. The molecule has 3 aromatic rings. The Kier molecular flexibility index (Phi) is 5.16. The average molecular weight is 442 g/mol. The first-order valence-electron chi connectivity index (χ1n) is 11.4. The lowest BCUT2D eigenvalue weighted by Gasteiger charge is -2.22. The molecule has 1 atom stereocenters. The molecule has 0 bridgehead atoms. The Balaban J connectivity index is 1.34. The number of nitrogens with one attached hydrogen (secondary N) is 1. The van der Waals surface area contributed by atoms with Crippen LogP contribution in [0.2, 0.25) is 0 Å². The lowest BCUT2D eigenvalue weighted by Crippen LogP contribution is -2.42. The Morgan fingerprint density at radius 1 is 1.03 bits per heavy atom. The molecule has 1 saturated heterocycles. The first kappa shape index (κ1) is 21.2. The van der Waals surface area contributed by atoms with Crippen LogP contribution in [0.25, 0.3) is 0 Å². The lowest BCUT2D eigenvalue weighted by molar-refractivity contribution is -0.131. The van der Waals surface area contributed by atoms with E-state index in [0.717, 1.165) is 46.8 Å². The lowest BCUT2D eigenvalue weighted by atomic mass is 9.92. The largest absolute Gasteiger partial charge is 0.348 e. The van der Waals surface area contributed by atoms with E-state index in [-0.39, 0.29) is 18.2 Å². The van der Waals surface area contributed by atoms with E-state index in [4.69, 9.17) is 0 Å². The molecule has 1 unspecified atom stereocenters. The zero-order valence-corrected chi connectivity index (χ0v) is 18.9. The number of hydrogen-bond donors (Lipinski definition) is 1. The summed E-state index contributed by atoms with van der Waals surface area (Å²) in [5, 5.41) is 2.89. The minimum Gasteiger partial charge on any atom is -0.348 e. The number of Topliss-reactive ketones (excluding diaryl/α,β-unsaturated/α-hetero) is 1. The van der Waals surface area contributed by atoms with Crippen LogP contribution in [0.3, 0.4) is 0 Å². The molecular formula is C27H27N3O3. The van der Waals surface area contributed by atoms with Crippen molar-refractivity contribution >= 4 is 17.7 Å². The maximum Gasteiger partial charge on any atom is 0.325 e. The van der Waals surface area contributed by atoms with Crippen LogP contribution in [0.5, 0.6) is 0 Å². The number of amides is 3. The molecule has 1 N–H and O–H groups in total. The molecule has 2 aromatic carbocycles. The molecule has 1 aliphatic carbocycles. The van der Waals surface area contributed by atoms with Crippen LogP contribution in [-0.2, 0) is 29.7 Å². The van der Waals surface area contributed by atoms with Gasteiger partial charge in [-0.15, -0.1) is 0 Å². The predicted octanol–water partition coefficient (Wildman–Crippen LogP) is 3.92. The zero-order valence-electron chi connectivity index (χ0n) is 18.9. The number of benzene rings is 2. The summed E-state index contributed by atoms with van der Waals surface area (Å²) in [4.78, 5) is 40.4. The Morgan fingerprint density at radius 3 is 2.55 bits per heavy atom. The first-order valence-corrected chi connectivity index (χ1v) is 11.4. The van der Waals surface area contributed by atoms with Crippen LogP contribution < -0.4 is 5.32 Å². The highest BCUT2D eigenvalue weighted by molar-refractivity contribution is 6.12. The quantitative estimate of drug-likeness (QED) is 0.466. The molecule has 1 aromatic heterocycles. The fourth-order valence-corrected chi connectivity index (χ4v) is 5.28. The van der Waals surface area contributed by atoms with Crippen molar-refractivity contribution in [3.63, 3.8) is 0 Å². The van der Waals surface area contributed by atoms with Crippen molar-refractivity contribution < 1.29 is 14.4 Å². The second-order valence-corrected chi connectivity index (χ2v) is 8.98. The summed E-state index contributed by atoms with van der Waals surface area (Å²) in [6, 6.07) is 19.3. The molecule has 2 heterocycles. The first-order chi connectivity index (χ1) is 15.9. The van der Waals surface area contributed by atoms with Gasteiger partial charge in [0.15, 0.2) is 5.78 Å². The molecule has 0 radical (unpaired) electrons. The van der Waals surface area contributed by atoms with Gasteiger partial charge < -0.3 is 9.88 Å². The molecule has 2 aliphatic rings. The van der Waals surface area contributed by atoms with Crippen molar-refractivity contribution in [3.8, 4) is 0 Å². The van der Waals surface area contributed by atoms with Crippen LogP contribution in [0.4, 0.5) is 4.79 Å². The Bertz CT molecular complexity index is 1260. The van der Waals surface area contributed by atoms with Gasteiger partial charge in [0.05, 0.1) is 6.54 Å². The standard InChI is InChI=1S/C27H27N3O3/c1-18-16-22(19(2)29(18)15-13-20-8-4-3-5-9-20)24(31)17-30-25(32)27(28-26(30)33)14-12-21-10-6-7-11-23(21)27/h3-11,16H,12-15,17H2,1-2H3,(H,28,33).